The first-order valence-electron chi connectivity index (χ1n) is 8.03. The molecule has 0 aromatic rings. The summed E-state index contributed by atoms with van der Waals surface area (Å²) >= 11 is 1.33. The predicted molar refractivity (Wildman–Crippen MR) is 88.1 cm³/mol. The maximum Gasteiger partial charge on any atom is 0.281 e. The number of thioether (sulfide) groups is 1. The molecule has 0 aliphatic carbocycles. The molecule has 2 heterocycles. The van der Waals surface area contributed by atoms with Crippen molar-refractivity contribution in [2.45, 2.75) is 45.4 Å². The Bertz CT molecular complexity index is 397. The lowest BCUT2D eigenvalue weighted by molar-refractivity contribution is -0.121. The Morgan fingerprint density at radius 2 is 2.09 bits per heavy atom. The first-order chi connectivity index (χ1) is 10.5. The number of ether oxygens (including phenoxy) is 1. The lowest BCUT2D eigenvalue weighted by atomic mass is 10.1. The fraction of sp³-hybridized carbons (Fsp3) is 0.867. The fourth-order valence-electron chi connectivity index (χ4n) is 2.92. The monoisotopic (exact) mass is 329 g/mol. The molecule has 0 bridgehead atoms. The number of nitrogens with zero attached hydrogens (tertiary/aromatic N) is 2. The Hall–Kier alpha value is -0.790. The van der Waals surface area contributed by atoms with E-state index in [4.69, 9.17) is 4.74 Å². The molecule has 2 aliphatic heterocycles. The van der Waals surface area contributed by atoms with Gasteiger partial charge in [-0.1, -0.05) is 11.8 Å². The van der Waals surface area contributed by atoms with E-state index in [0.717, 1.165) is 25.4 Å². The van der Waals surface area contributed by atoms with Gasteiger partial charge in [-0.2, -0.15) is 0 Å². The number of amides is 2. The van der Waals surface area contributed by atoms with E-state index in [0.29, 0.717) is 25.6 Å². The van der Waals surface area contributed by atoms with Crippen LogP contribution in [0.5, 0.6) is 0 Å². The average Bonchev–Trinajstić information content (AvgIpc) is 2.86. The van der Waals surface area contributed by atoms with Gasteiger partial charge in [-0.3, -0.25) is 14.5 Å². The molecule has 3 unspecified atom stereocenters. The maximum atomic E-state index is 11.9. The normalized spacial score (nSPS) is 28.0. The van der Waals surface area contributed by atoms with Crippen LogP contribution in [-0.4, -0.2) is 77.7 Å². The zero-order valence-corrected chi connectivity index (χ0v) is 14.5. The molecule has 7 heteroatoms. The number of carbonyl (C=O) groups is 2. The molecule has 3 atom stereocenters. The van der Waals surface area contributed by atoms with Gasteiger partial charge in [0.25, 0.3) is 5.24 Å². The van der Waals surface area contributed by atoms with E-state index < -0.39 is 0 Å². The average molecular weight is 329 g/mol. The van der Waals surface area contributed by atoms with Crippen LogP contribution in [0.1, 0.15) is 27.2 Å². The van der Waals surface area contributed by atoms with Crippen LogP contribution in [0.25, 0.3) is 0 Å². The van der Waals surface area contributed by atoms with Gasteiger partial charge in [0, 0.05) is 50.9 Å². The highest BCUT2D eigenvalue weighted by Crippen LogP contribution is 2.17. The van der Waals surface area contributed by atoms with E-state index in [1.165, 1.54) is 11.8 Å². The first-order valence-corrected chi connectivity index (χ1v) is 9.02. The third-order valence-corrected chi connectivity index (χ3v) is 5.01. The minimum atomic E-state index is 0.0194. The summed E-state index contributed by atoms with van der Waals surface area (Å²) in [5.41, 5.74) is 0. The quantitative estimate of drug-likeness (QED) is 0.792. The molecule has 0 saturated carbocycles. The van der Waals surface area contributed by atoms with E-state index >= 15 is 0 Å². The van der Waals surface area contributed by atoms with Crippen molar-refractivity contribution in [3.63, 3.8) is 0 Å². The Morgan fingerprint density at radius 3 is 2.68 bits per heavy atom. The van der Waals surface area contributed by atoms with Crippen molar-refractivity contribution >= 4 is 22.9 Å². The van der Waals surface area contributed by atoms with Crippen molar-refractivity contribution in [1.29, 1.82) is 0 Å². The van der Waals surface area contributed by atoms with Crippen molar-refractivity contribution in [3.05, 3.63) is 0 Å². The van der Waals surface area contributed by atoms with Crippen LogP contribution in [-0.2, 0) is 9.53 Å². The van der Waals surface area contributed by atoms with Crippen molar-refractivity contribution in [3.8, 4) is 0 Å². The van der Waals surface area contributed by atoms with Crippen molar-refractivity contribution < 1.29 is 14.3 Å². The number of nitrogens with one attached hydrogen (secondary N) is 1. The molecule has 2 saturated heterocycles. The molecule has 1 N–H and O–H groups in total. The van der Waals surface area contributed by atoms with Gasteiger partial charge in [0.2, 0.25) is 5.91 Å². The molecular weight excluding hydrogens is 302 g/mol. The zero-order valence-electron chi connectivity index (χ0n) is 13.7. The number of carbonyl (C=O) groups excluding carboxylic acids is 2. The molecule has 126 valence electrons. The number of hydrogen-bond donors (Lipinski definition) is 1. The molecule has 0 spiro atoms. The number of hydrogen-bond acceptors (Lipinski definition) is 5. The molecular formula is C15H27N3O3S. The van der Waals surface area contributed by atoms with E-state index in [1.807, 2.05) is 0 Å². The highest BCUT2D eigenvalue weighted by Gasteiger charge is 2.26. The lowest BCUT2D eigenvalue weighted by Crippen LogP contribution is -2.52. The molecule has 2 aliphatic rings. The van der Waals surface area contributed by atoms with Gasteiger partial charge < -0.3 is 15.0 Å². The first kappa shape index (κ1) is 17.6. The molecule has 0 aromatic carbocycles. The summed E-state index contributed by atoms with van der Waals surface area (Å²) in [4.78, 5) is 27.5. The third kappa shape index (κ3) is 5.14. The Labute approximate surface area is 136 Å². The van der Waals surface area contributed by atoms with Crippen molar-refractivity contribution in [1.82, 2.24) is 15.1 Å². The van der Waals surface area contributed by atoms with Crippen LogP contribution >= 0.6 is 11.8 Å². The summed E-state index contributed by atoms with van der Waals surface area (Å²) in [7, 11) is 0. The zero-order chi connectivity index (χ0) is 16.1. The molecule has 2 fully saturated rings. The summed E-state index contributed by atoms with van der Waals surface area (Å²) in [6.07, 6.45) is 0.857. The van der Waals surface area contributed by atoms with Gasteiger partial charge >= 0.3 is 0 Å². The minimum Gasteiger partial charge on any atom is -0.373 e. The third-order valence-electron chi connectivity index (χ3n) is 4.12. The number of rotatable bonds is 6. The summed E-state index contributed by atoms with van der Waals surface area (Å²) in [6, 6.07) is 0.293. The maximum absolute atomic E-state index is 11.9. The summed E-state index contributed by atoms with van der Waals surface area (Å²) < 4.78 is 5.73. The summed E-state index contributed by atoms with van der Waals surface area (Å²) in [5.74, 6) is 0.858. The second-order valence-electron chi connectivity index (χ2n) is 6.22. The smallest absolute Gasteiger partial charge is 0.281 e. The molecule has 22 heavy (non-hydrogen) atoms. The van der Waals surface area contributed by atoms with E-state index in [-0.39, 0.29) is 23.4 Å². The highest BCUT2D eigenvalue weighted by molar-refractivity contribution is 8.13. The van der Waals surface area contributed by atoms with Gasteiger partial charge in [0.15, 0.2) is 0 Å². The van der Waals surface area contributed by atoms with Crippen LogP contribution in [0.4, 0.5) is 4.79 Å². The largest absolute Gasteiger partial charge is 0.373 e. The standard InChI is InChI=1S/C15H27N3O3S/c1-11(18-9-12(2)21-13(3)10-18)8-16-14(19)4-5-17-6-7-22-15(17)20/h11-13H,4-10H2,1-3H3,(H,16,19). The Balaban J connectivity index is 1.65. The van der Waals surface area contributed by atoms with Gasteiger partial charge in [0.05, 0.1) is 12.2 Å². The van der Waals surface area contributed by atoms with Gasteiger partial charge in [-0.05, 0) is 20.8 Å². The van der Waals surface area contributed by atoms with Crippen LogP contribution in [0, 0.1) is 0 Å². The van der Waals surface area contributed by atoms with E-state index in [2.05, 4.69) is 31.0 Å². The number of morpholine rings is 1. The van der Waals surface area contributed by atoms with E-state index in [9.17, 15) is 9.59 Å². The van der Waals surface area contributed by atoms with Crippen LogP contribution in [0.15, 0.2) is 0 Å². The van der Waals surface area contributed by atoms with Gasteiger partial charge in [-0.15, -0.1) is 0 Å². The van der Waals surface area contributed by atoms with Crippen molar-refractivity contribution in [2.24, 2.45) is 0 Å². The topological polar surface area (TPSA) is 61.9 Å². The molecule has 2 rings (SSSR count). The summed E-state index contributed by atoms with van der Waals surface area (Å²) in [6.45, 7) is 10.0. The SMILES string of the molecule is CC1CN(C(C)CNC(=O)CCN2CCSC2=O)CC(C)O1. The van der Waals surface area contributed by atoms with Crippen LogP contribution < -0.4 is 5.32 Å². The molecule has 0 radical (unpaired) electrons. The second-order valence-corrected chi connectivity index (χ2v) is 7.26. The van der Waals surface area contributed by atoms with Crippen LogP contribution in [0.3, 0.4) is 0 Å². The van der Waals surface area contributed by atoms with Crippen LogP contribution in [0.2, 0.25) is 0 Å². The van der Waals surface area contributed by atoms with E-state index in [1.54, 1.807) is 4.90 Å². The molecule has 2 amide bonds. The lowest BCUT2D eigenvalue weighted by Gasteiger charge is -2.39. The summed E-state index contributed by atoms with van der Waals surface area (Å²) in [5, 5.41) is 3.08. The fourth-order valence-corrected chi connectivity index (χ4v) is 3.77. The highest BCUT2D eigenvalue weighted by atomic mass is 32.2. The second kappa shape index (κ2) is 8.17. The Kier molecular flexibility index (Phi) is 6.52. The van der Waals surface area contributed by atoms with Gasteiger partial charge in [0.1, 0.15) is 0 Å². The van der Waals surface area contributed by atoms with Gasteiger partial charge in [-0.25, -0.2) is 0 Å². The molecule has 0 aromatic heterocycles. The predicted octanol–water partition coefficient (Wildman–Crippen LogP) is 1.16. The Morgan fingerprint density at radius 1 is 1.41 bits per heavy atom. The van der Waals surface area contributed by atoms with Crippen molar-refractivity contribution in [2.75, 3.05) is 38.5 Å². The minimum absolute atomic E-state index is 0.0194. The molecule has 6 nitrogen and oxygen atoms in total.